The van der Waals surface area contributed by atoms with Crippen LogP contribution in [-0.2, 0) is 4.79 Å². The van der Waals surface area contributed by atoms with Crippen LogP contribution in [0.15, 0.2) is 0 Å². The normalized spacial score (nSPS) is 18.5. The molecule has 1 fully saturated rings. The van der Waals surface area contributed by atoms with E-state index in [4.69, 9.17) is 5.73 Å². The lowest BCUT2D eigenvalue weighted by atomic mass is 10.1. The maximum Gasteiger partial charge on any atom is 0.406 e. The van der Waals surface area contributed by atoms with E-state index >= 15 is 0 Å². The summed E-state index contributed by atoms with van der Waals surface area (Å²) in [6.45, 7) is 2.75. The van der Waals surface area contributed by atoms with Crippen molar-refractivity contribution in [1.29, 1.82) is 0 Å². The summed E-state index contributed by atoms with van der Waals surface area (Å²) in [7, 11) is 0. The molecule has 8 heteroatoms. The Morgan fingerprint density at radius 3 is 2.24 bits per heavy atom. The van der Waals surface area contributed by atoms with Gasteiger partial charge in [-0.1, -0.05) is 0 Å². The van der Waals surface area contributed by atoms with Gasteiger partial charge >= 0.3 is 6.18 Å². The van der Waals surface area contributed by atoms with Crippen LogP contribution < -0.4 is 5.73 Å². The van der Waals surface area contributed by atoms with Crippen LogP contribution in [0.3, 0.4) is 0 Å². The molecule has 1 saturated heterocycles. The Labute approximate surface area is 104 Å². The highest BCUT2D eigenvalue weighted by molar-refractivity contribution is 5.85. The van der Waals surface area contributed by atoms with Crippen LogP contribution in [0.4, 0.5) is 13.2 Å². The zero-order valence-electron chi connectivity index (χ0n) is 9.75. The number of alkyl halides is 3. The van der Waals surface area contributed by atoms with Crippen molar-refractivity contribution in [3.05, 3.63) is 0 Å². The van der Waals surface area contributed by atoms with Gasteiger partial charge in [-0.2, -0.15) is 13.2 Å². The minimum atomic E-state index is -4.34. The fourth-order valence-electron chi connectivity index (χ4n) is 1.70. The molecule has 0 aliphatic carbocycles. The van der Waals surface area contributed by atoms with E-state index in [1.807, 2.05) is 0 Å². The largest absolute Gasteiger partial charge is 0.406 e. The Bertz CT molecular complexity index is 278. The van der Waals surface area contributed by atoms with Gasteiger partial charge in [-0.25, -0.2) is 0 Å². The Hall–Kier alpha value is -0.530. The molecule has 0 saturated carbocycles. The van der Waals surface area contributed by atoms with Gasteiger partial charge in [-0.3, -0.25) is 9.69 Å². The molecular weight excluding hydrogens is 259 g/mol. The summed E-state index contributed by atoms with van der Waals surface area (Å²) in [6, 6.07) is 0. The van der Waals surface area contributed by atoms with Crippen LogP contribution in [0, 0.1) is 0 Å². The fourth-order valence-corrected chi connectivity index (χ4v) is 1.70. The van der Waals surface area contributed by atoms with E-state index in [0.717, 1.165) is 4.90 Å². The van der Waals surface area contributed by atoms with Crippen molar-refractivity contribution in [1.82, 2.24) is 9.80 Å². The first-order chi connectivity index (χ1) is 7.07. The van der Waals surface area contributed by atoms with Crippen molar-refractivity contribution in [2.45, 2.75) is 25.6 Å². The molecule has 1 aliphatic rings. The molecule has 0 bridgehead atoms. The molecule has 0 atom stereocenters. The first kappa shape index (κ1) is 16.5. The van der Waals surface area contributed by atoms with E-state index in [2.05, 4.69) is 0 Å². The van der Waals surface area contributed by atoms with Crippen LogP contribution in [-0.4, -0.2) is 53.7 Å². The molecule has 1 aliphatic heterocycles. The molecule has 0 spiro atoms. The van der Waals surface area contributed by atoms with Gasteiger partial charge in [-0.05, 0) is 13.8 Å². The predicted octanol–water partition coefficient (Wildman–Crippen LogP) is 0.809. The molecule has 0 aromatic rings. The average molecular weight is 276 g/mol. The highest BCUT2D eigenvalue weighted by atomic mass is 35.5. The maximum atomic E-state index is 12.1. The van der Waals surface area contributed by atoms with Gasteiger partial charge < -0.3 is 10.6 Å². The maximum absolute atomic E-state index is 12.1. The van der Waals surface area contributed by atoms with Crippen molar-refractivity contribution in [3.8, 4) is 0 Å². The van der Waals surface area contributed by atoms with Crippen molar-refractivity contribution >= 4 is 18.3 Å². The van der Waals surface area contributed by atoms with Crippen LogP contribution >= 0.6 is 12.4 Å². The third-order valence-corrected chi connectivity index (χ3v) is 2.08. The Kier molecular flexibility index (Phi) is 5.24. The second kappa shape index (κ2) is 5.41. The molecular formula is C9H17ClF3N3O. The Morgan fingerprint density at radius 2 is 1.82 bits per heavy atom. The zero-order chi connectivity index (χ0) is 12.6. The molecule has 2 N–H and O–H groups in total. The van der Waals surface area contributed by atoms with Gasteiger partial charge in [0.25, 0.3) is 0 Å². The van der Waals surface area contributed by atoms with Crippen molar-refractivity contribution in [2.24, 2.45) is 5.73 Å². The fraction of sp³-hybridized carbons (Fsp3) is 0.889. The Morgan fingerprint density at radius 1 is 1.29 bits per heavy atom. The summed E-state index contributed by atoms with van der Waals surface area (Å²) in [5.41, 5.74) is 5.22. The average Bonchev–Trinajstić information content (AvgIpc) is 2.23. The van der Waals surface area contributed by atoms with Gasteiger partial charge in [0, 0.05) is 12.1 Å². The second-order valence-electron chi connectivity index (χ2n) is 4.82. The molecule has 0 aromatic carbocycles. The minimum absolute atomic E-state index is 0. The van der Waals surface area contributed by atoms with E-state index < -0.39 is 24.2 Å². The third-order valence-electron chi connectivity index (χ3n) is 2.08. The quantitative estimate of drug-likeness (QED) is 0.829. The monoisotopic (exact) mass is 275 g/mol. The molecule has 1 amide bonds. The van der Waals surface area contributed by atoms with E-state index in [0.29, 0.717) is 6.54 Å². The number of halogens is 4. The first-order valence-electron chi connectivity index (χ1n) is 4.93. The zero-order valence-corrected chi connectivity index (χ0v) is 10.6. The number of nitrogens with two attached hydrogens (primary N) is 1. The smallest absolute Gasteiger partial charge is 0.324 e. The lowest BCUT2D eigenvalue weighted by molar-refractivity contribution is -0.157. The van der Waals surface area contributed by atoms with Gasteiger partial charge in [-0.15, -0.1) is 12.4 Å². The number of rotatable bonds is 3. The summed E-state index contributed by atoms with van der Waals surface area (Å²) < 4.78 is 36.3. The number of hydrogen-bond donors (Lipinski definition) is 1. The first-order valence-corrected chi connectivity index (χ1v) is 4.93. The third kappa shape index (κ3) is 6.09. The number of nitrogens with zero attached hydrogens (tertiary/aromatic N) is 2. The van der Waals surface area contributed by atoms with Crippen LogP contribution in [0.1, 0.15) is 13.8 Å². The summed E-state index contributed by atoms with van der Waals surface area (Å²) in [5, 5.41) is 0. The number of amides is 1. The molecule has 0 aromatic heterocycles. The summed E-state index contributed by atoms with van der Waals surface area (Å²) in [5.74, 6) is -0.499. The molecule has 1 heterocycles. The molecule has 1 rings (SSSR count). The topological polar surface area (TPSA) is 49.6 Å². The summed E-state index contributed by atoms with van der Waals surface area (Å²) in [4.78, 5) is 13.7. The number of carbonyl (C=O) groups excluding carboxylic acids is 1. The second-order valence-corrected chi connectivity index (χ2v) is 4.82. The van der Waals surface area contributed by atoms with E-state index in [1.165, 1.54) is 0 Å². The molecule has 0 radical (unpaired) electrons. The SMILES string of the molecule is CC(C)(N)CN1CC(=O)N(CC(F)(F)F)C1.Cl. The van der Waals surface area contributed by atoms with Crippen LogP contribution in [0.5, 0.6) is 0 Å². The molecule has 0 unspecified atom stereocenters. The highest BCUT2D eigenvalue weighted by Gasteiger charge is 2.38. The molecule has 4 nitrogen and oxygen atoms in total. The predicted molar refractivity (Wildman–Crippen MR) is 59.7 cm³/mol. The standard InChI is InChI=1S/C9H16F3N3O.ClH/c1-8(2,13)4-14-3-7(16)15(6-14)5-9(10,11)12;/h3-6,13H2,1-2H3;1H. The Balaban J connectivity index is 0.00000256. The molecule has 102 valence electrons. The number of carbonyl (C=O) groups is 1. The van der Waals surface area contributed by atoms with E-state index in [9.17, 15) is 18.0 Å². The van der Waals surface area contributed by atoms with Crippen LogP contribution in [0.2, 0.25) is 0 Å². The highest BCUT2D eigenvalue weighted by Crippen LogP contribution is 2.19. The van der Waals surface area contributed by atoms with Gasteiger partial charge in [0.05, 0.1) is 13.2 Å². The van der Waals surface area contributed by atoms with E-state index in [1.54, 1.807) is 18.7 Å². The van der Waals surface area contributed by atoms with Crippen molar-refractivity contribution < 1.29 is 18.0 Å². The lowest BCUT2D eigenvalue weighted by Gasteiger charge is -2.25. The van der Waals surface area contributed by atoms with E-state index in [-0.39, 0.29) is 25.6 Å². The lowest BCUT2D eigenvalue weighted by Crippen LogP contribution is -2.45. The summed E-state index contributed by atoms with van der Waals surface area (Å²) in [6.07, 6.45) is -4.34. The van der Waals surface area contributed by atoms with Gasteiger partial charge in [0.1, 0.15) is 6.54 Å². The number of hydrogen-bond acceptors (Lipinski definition) is 3. The van der Waals surface area contributed by atoms with Gasteiger partial charge in [0.2, 0.25) is 5.91 Å². The van der Waals surface area contributed by atoms with Gasteiger partial charge in [0.15, 0.2) is 0 Å². The molecule has 17 heavy (non-hydrogen) atoms. The van der Waals surface area contributed by atoms with Crippen molar-refractivity contribution in [3.63, 3.8) is 0 Å². The minimum Gasteiger partial charge on any atom is -0.324 e. The van der Waals surface area contributed by atoms with Crippen molar-refractivity contribution in [2.75, 3.05) is 26.3 Å². The summed E-state index contributed by atoms with van der Waals surface area (Å²) >= 11 is 0. The van der Waals surface area contributed by atoms with Crippen LogP contribution in [0.25, 0.3) is 0 Å².